The van der Waals surface area contributed by atoms with Gasteiger partial charge in [-0.15, -0.1) is 0 Å². The van der Waals surface area contributed by atoms with E-state index in [1.807, 2.05) is 18.0 Å². The molecule has 1 atom stereocenters. The highest BCUT2D eigenvalue weighted by atomic mass is 35.5. The molecular weight excluding hydrogens is 805 g/mol. The third-order valence-electron chi connectivity index (χ3n) is 12.6. The van der Waals surface area contributed by atoms with E-state index in [-0.39, 0.29) is 31.3 Å². The maximum atomic E-state index is 13.7. The number of carbonyl (C=O) groups is 5. The summed E-state index contributed by atoms with van der Waals surface area (Å²) in [7, 11) is 1.86. The maximum Gasteiger partial charge on any atom is 0.265 e. The smallest absolute Gasteiger partial charge is 0.265 e. The highest BCUT2D eigenvalue weighted by Crippen LogP contribution is 2.39. The maximum absolute atomic E-state index is 13.7. The largest absolute Gasteiger partial charge is 0.371 e. The Balaban J connectivity index is 0.775. The molecule has 0 radical (unpaired) electrons. The first kappa shape index (κ1) is 39.9. The summed E-state index contributed by atoms with van der Waals surface area (Å²) >= 11 is 12.9. The minimum absolute atomic E-state index is 0.0919. The van der Waals surface area contributed by atoms with E-state index in [4.69, 9.17) is 28.2 Å². The average molecular weight is 851 g/mol. The number of fused-ring (bicyclic) bond motifs is 2. The lowest BCUT2D eigenvalue weighted by Gasteiger charge is -2.39. The van der Waals surface area contributed by atoms with Gasteiger partial charge in [-0.25, -0.2) is 4.98 Å². The van der Waals surface area contributed by atoms with Gasteiger partial charge in [0.15, 0.2) is 0 Å². The minimum atomic E-state index is -0.979. The van der Waals surface area contributed by atoms with Crippen LogP contribution in [-0.4, -0.2) is 102 Å². The molecule has 3 saturated heterocycles. The van der Waals surface area contributed by atoms with Gasteiger partial charge >= 0.3 is 0 Å². The van der Waals surface area contributed by atoms with Gasteiger partial charge in [0.25, 0.3) is 17.7 Å². The lowest BCUT2D eigenvalue weighted by Crippen LogP contribution is -2.54. The molecule has 60 heavy (non-hydrogen) atoms. The number of nitrogens with one attached hydrogen (secondary N) is 2. The summed E-state index contributed by atoms with van der Waals surface area (Å²) in [4.78, 5) is 83.2. The summed E-state index contributed by atoms with van der Waals surface area (Å²) in [6.45, 7) is 7.02. The van der Waals surface area contributed by atoms with Crippen molar-refractivity contribution < 1.29 is 24.0 Å². The number of anilines is 5. The van der Waals surface area contributed by atoms with Crippen LogP contribution in [0, 0.1) is 12.8 Å². The molecule has 0 aliphatic carbocycles. The standard InChI is InChI=1S/C44H45Cl2N9O5/c1-25-21-28(48-44-47-22-31-39(50-44)51(2)24-54(41(31)58)38-32(45)6-4-7-33(38)46)9-10-29(25)27-15-17-52(18-16-27)23-26-13-19-53(20-14-26)34-8-3-5-30-37(34)43(60)55(42(30)59)35-11-12-36(56)49-40(35)57/h3-10,21-22,26-27,35H,11-20,23-24H2,1-2H3,(H,47,48,50)(H,49,56,57). The van der Waals surface area contributed by atoms with Crippen LogP contribution in [0.25, 0.3) is 0 Å². The molecule has 4 aromatic rings. The van der Waals surface area contributed by atoms with Gasteiger partial charge in [0.2, 0.25) is 17.8 Å². The van der Waals surface area contributed by atoms with E-state index in [1.54, 1.807) is 36.5 Å². The van der Waals surface area contributed by atoms with Crippen LogP contribution in [0.3, 0.4) is 0 Å². The summed E-state index contributed by atoms with van der Waals surface area (Å²) < 4.78 is 0. The van der Waals surface area contributed by atoms with Crippen molar-refractivity contribution in [2.24, 2.45) is 5.92 Å². The Morgan fingerprint density at radius 2 is 1.57 bits per heavy atom. The fraction of sp³-hybridized carbons (Fsp3) is 0.386. The van der Waals surface area contributed by atoms with Crippen LogP contribution in [0.4, 0.5) is 28.8 Å². The molecule has 0 bridgehead atoms. The lowest BCUT2D eigenvalue weighted by atomic mass is 9.86. The second kappa shape index (κ2) is 16.1. The predicted molar refractivity (Wildman–Crippen MR) is 230 cm³/mol. The van der Waals surface area contributed by atoms with Crippen molar-refractivity contribution in [3.05, 3.63) is 98.7 Å². The van der Waals surface area contributed by atoms with Crippen molar-refractivity contribution in [1.82, 2.24) is 25.1 Å². The molecule has 5 aliphatic rings. The second-order valence-electron chi connectivity index (χ2n) is 16.4. The van der Waals surface area contributed by atoms with E-state index in [2.05, 4.69) is 50.5 Å². The molecule has 5 aliphatic heterocycles. The van der Waals surface area contributed by atoms with Crippen LogP contribution in [0.5, 0.6) is 0 Å². The van der Waals surface area contributed by atoms with Gasteiger partial charge in [-0.3, -0.25) is 39.1 Å². The van der Waals surface area contributed by atoms with E-state index < -0.39 is 23.8 Å². The first-order chi connectivity index (χ1) is 28.9. The van der Waals surface area contributed by atoms with Crippen LogP contribution < -0.4 is 25.3 Å². The zero-order chi connectivity index (χ0) is 41.8. The molecule has 1 aromatic heterocycles. The summed E-state index contributed by atoms with van der Waals surface area (Å²) in [5.41, 5.74) is 5.67. The zero-order valence-corrected chi connectivity index (χ0v) is 34.9. The molecule has 5 amide bonds. The monoisotopic (exact) mass is 849 g/mol. The van der Waals surface area contributed by atoms with Gasteiger partial charge in [0, 0.05) is 45.0 Å². The summed E-state index contributed by atoms with van der Waals surface area (Å²) in [5.74, 6) is -0.280. The van der Waals surface area contributed by atoms with Gasteiger partial charge in [0.1, 0.15) is 17.4 Å². The first-order valence-corrected chi connectivity index (χ1v) is 21.2. The van der Waals surface area contributed by atoms with Crippen LogP contribution in [0.15, 0.2) is 60.8 Å². The van der Waals surface area contributed by atoms with Gasteiger partial charge in [-0.1, -0.05) is 41.4 Å². The topological polar surface area (TPSA) is 151 Å². The van der Waals surface area contributed by atoms with Crippen LogP contribution >= 0.6 is 23.2 Å². The first-order valence-electron chi connectivity index (χ1n) is 20.5. The number of imide groups is 2. The Hall–Kier alpha value is -5.57. The zero-order valence-electron chi connectivity index (χ0n) is 33.4. The van der Waals surface area contributed by atoms with E-state index in [0.29, 0.717) is 56.0 Å². The van der Waals surface area contributed by atoms with Gasteiger partial charge in [-0.05, 0) is 111 Å². The summed E-state index contributed by atoms with van der Waals surface area (Å²) in [5, 5.41) is 6.39. The molecule has 16 heteroatoms. The number of aromatic nitrogens is 2. The van der Waals surface area contributed by atoms with Crippen LogP contribution in [-0.2, 0) is 9.59 Å². The molecular formula is C44H45Cl2N9O5. The Labute approximate surface area is 357 Å². The number of hydrogen-bond donors (Lipinski definition) is 2. The van der Waals surface area contributed by atoms with Crippen LogP contribution in [0.1, 0.15) is 86.6 Å². The lowest BCUT2D eigenvalue weighted by molar-refractivity contribution is -0.136. The molecule has 3 aromatic carbocycles. The molecule has 1 unspecified atom stereocenters. The number of piperidine rings is 3. The second-order valence-corrected chi connectivity index (χ2v) is 17.2. The minimum Gasteiger partial charge on any atom is -0.371 e. The molecule has 9 rings (SSSR count). The number of carbonyl (C=O) groups excluding carboxylic acids is 5. The van der Waals surface area contributed by atoms with E-state index in [1.165, 1.54) is 16.0 Å². The van der Waals surface area contributed by atoms with Gasteiger partial charge in [-0.2, -0.15) is 4.98 Å². The van der Waals surface area contributed by atoms with E-state index in [9.17, 15) is 24.0 Å². The highest BCUT2D eigenvalue weighted by molar-refractivity contribution is 6.40. The van der Waals surface area contributed by atoms with E-state index >= 15 is 0 Å². The van der Waals surface area contributed by atoms with Crippen molar-refractivity contribution >= 4 is 81.6 Å². The molecule has 2 N–H and O–H groups in total. The van der Waals surface area contributed by atoms with Gasteiger partial charge < -0.3 is 20.0 Å². The fourth-order valence-electron chi connectivity index (χ4n) is 9.53. The number of amides is 5. The number of aryl methyl sites for hydroxylation is 1. The number of halogens is 2. The molecule has 6 heterocycles. The SMILES string of the molecule is Cc1cc(Nc2ncc3c(n2)N(C)CN(c2c(Cl)cccc2Cl)C3=O)ccc1C1CCN(CC2CCN(c3cccc4c3C(=O)N(C3CCC(=O)NC3=O)C4=O)CC2)CC1. The van der Waals surface area contributed by atoms with Crippen molar-refractivity contribution in [3.63, 3.8) is 0 Å². The van der Waals surface area contributed by atoms with Crippen molar-refractivity contribution in [1.29, 1.82) is 0 Å². The molecule has 14 nitrogen and oxygen atoms in total. The molecule has 0 spiro atoms. The molecule has 0 saturated carbocycles. The summed E-state index contributed by atoms with van der Waals surface area (Å²) in [6.07, 6.45) is 5.88. The third-order valence-corrected chi connectivity index (χ3v) is 13.2. The Morgan fingerprint density at radius 1 is 0.833 bits per heavy atom. The number of likely N-dealkylation sites (tertiary alicyclic amines) is 1. The Morgan fingerprint density at radius 3 is 2.28 bits per heavy atom. The highest BCUT2D eigenvalue weighted by Gasteiger charge is 2.46. The fourth-order valence-corrected chi connectivity index (χ4v) is 10.1. The number of para-hydroxylation sites is 1. The average Bonchev–Trinajstić information content (AvgIpc) is 3.49. The van der Waals surface area contributed by atoms with Crippen molar-refractivity contribution in [2.75, 3.05) is 66.5 Å². The number of nitrogens with zero attached hydrogens (tertiary/aromatic N) is 7. The quantitative estimate of drug-likeness (QED) is 0.190. The van der Waals surface area contributed by atoms with Crippen LogP contribution in [0.2, 0.25) is 10.0 Å². The van der Waals surface area contributed by atoms with Gasteiger partial charge in [0.05, 0.1) is 39.2 Å². The Bertz CT molecular complexity index is 2410. The predicted octanol–water partition coefficient (Wildman–Crippen LogP) is 6.39. The number of rotatable bonds is 8. The normalized spacial score (nSPS) is 20.5. The number of hydrogen-bond acceptors (Lipinski definition) is 11. The summed E-state index contributed by atoms with van der Waals surface area (Å²) in [6, 6.07) is 15.9. The van der Waals surface area contributed by atoms with Crippen molar-refractivity contribution in [2.45, 2.75) is 57.4 Å². The van der Waals surface area contributed by atoms with Crippen molar-refractivity contribution in [3.8, 4) is 0 Å². The third kappa shape index (κ3) is 7.34. The Kier molecular flexibility index (Phi) is 10.7. The van der Waals surface area contributed by atoms with E-state index in [0.717, 1.165) is 74.7 Å². The molecule has 310 valence electrons. The number of benzene rings is 3. The molecule has 3 fully saturated rings.